The van der Waals surface area contributed by atoms with Gasteiger partial charge in [0.2, 0.25) is 0 Å². The summed E-state index contributed by atoms with van der Waals surface area (Å²) in [5.41, 5.74) is 0.530. The van der Waals surface area contributed by atoms with Crippen LogP contribution >= 0.6 is 10.7 Å². The fourth-order valence-corrected chi connectivity index (χ4v) is 2.49. The lowest BCUT2D eigenvalue weighted by molar-refractivity contribution is 0.609. The lowest BCUT2D eigenvalue weighted by atomic mass is 10.2. The summed E-state index contributed by atoms with van der Waals surface area (Å²) in [7, 11) is 3.26. The maximum absolute atomic E-state index is 11.2. The Kier molecular flexibility index (Phi) is 2.01. The minimum atomic E-state index is -3.71. The lowest BCUT2D eigenvalue weighted by Gasteiger charge is -2.00. The van der Waals surface area contributed by atoms with Crippen molar-refractivity contribution in [1.29, 1.82) is 0 Å². The number of aromatic nitrogens is 2. The maximum Gasteiger partial charge on any atom is 0.263 e. The van der Waals surface area contributed by atoms with Gasteiger partial charge in [0.1, 0.15) is 4.90 Å². The average Bonchev–Trinajstić information content (AvgIpc) is 2.46. The van der Waals surface area contributed by atoms with E-state index in [4.69, 9.17) is 10.7 Å². The molecular formula is C8H7ClN2O2S. The molecule has 1 heterocycles. The first-order valence-corrected chi connectivity index (χ1v) is 6.16. The second-order valence-corrected chi connectivity index (χ2v) is 5.43. The van der Waals surface area contributed by atoms with Crippen LogP contribution in [0.1, 0.15) is 0 Å². The molecule has 1 aromatic heterocycles. The zero-order valence-corrected chi connectivity index (χ0v) is 8.88. The van der Waals surface area contributed by atoms with Crippen LogP contribution in [0.15, 0.2) is 29.3 Å². The smallest absolute Gasteiger partial charge is 0.263 e. The van der Waals surface area contributed by atoms with Gasteiger partial charge in [-0.05, 0) is 6.07 Å². The Morgan fingerprint density at radius 3 is 2.79 bits per heavy atom. The molecule has 0 N–H and O–H groups in total. The number of fused-ring (bicyclic) bond motifs is 1. The van der Waals surface area contributed by atoms with Crippen molar-refractivity contribution < 1.29 is 8.42 Å². The number of rotatable bonds is 1. The molecule has 0 aliphatic heterocycles. The highest BCUT2D eigenvalue weighted by Crippen LogP contribution is 2.24. The normalized spacial score (nSPS) is 12.1. The maximum atomic E-state index is 11.2. The van der Waals surface area contributed by atoms with Gasteiger partial charge in [0.15, 0.2) is 0 Å². The summed E-state index contributed by atoms with van der Waals surface area (Å²) in [6.45, 7) is 0. The summed E-state index contributed by atoms with van der Waals surface area (Å²) in [5.74, 6) is 0. The second kappa shape index (κ2) is 2.96. The molecule has 0 bridgehead atoms. The summed E-state index contributed by atoms with van der Waals surface area (Å²) < 4.78 is 23.9. The van der Waals surface area contributed by atoms with E-state index in [9.17, 15) is 8.42 Å². The van der Waals surface area contributed by atoms with Crippen molar-refractivity contribution in [1.82, 2.24) is 9.78 Å². The third kappa shape index (κ3) is 1.38. The summed E-state index contributed by atoms with van der Waals surface area (Å²) in [6.07, 6.45) is 1.60. The standard InChI is InChI=1S/C8H7ClN2O2S/c1-11-8-6(5-10-11)3-2-4-7(8)14(9,12)13/h2-5H,1H3. The Labute approximate surface area is 85.5 Å². The Balaban J connectivity index is 2.96. The molecule has 0 aliphatic carbocycles. The van der Waals surface area contributed by atoms with E-state index in [1.165, 1.54) is 10.7 Å². The molecule has 0 amide bonds. The highest BCUT2D eigenvalue weighted by atomic mass is 35.7. The highest BCUT2D eigenvalue weighted by Gasteiger charge is 2.16. The van der Waals surface area contributed by atoms with Gasteiger partial charge in [-0.15, -0.1) is 0 Å². The third-order valence-electron chi connectivity index (χ3n) is 1.99. The molecule has 0 fully saturated rings. The molecule has 4 nitrogen and oxygen atoms in total. The highest BCUT2D eigenvalue weighted by molar-refractivity contribution is 8.14. The predicted octanol–water partition coefficient (Wildman–Crippen LogP) is 1.50. The topological polar surface area (TPSA) is 52.0 Å². The zero-order chi connectivity index (χ0) is 10.3. The monoisotopic (exact) mass is 230 g/mol. The van der Waals surface area contributed by atoms with Crippen molar-refractivity contribution in [3.8, 4) is 0 Å². The van der Waals surface area contributed by atoms with Gasteiger partial charge >= 0.3 is 0 Å². The van der Waals surface area contributed by atoms with E-state index in [0.717, 1.165) is 5.39 Å². The van der Waals surface area contributed by atoms with Gasteiger partial charge < -0.3 is 0 Å². The van der Waals surface area contributed by atoms with Gasteiger partial charge in [0.05, 0.1) is 11.7 Å². The van der Waals surface area contributed by atoms with Crippen LogP contribution in [0.25, 0.3) is 10.9 Å². The molecule has 6 heteroatoms. The van der Waals surface area contributed by atoms with E-state index >= 15 is 0 Å². The SMILES string of the molecule is Cn1ncc2cccc(S(=O)(=O)Cl)c21. The molecule has 74 valence electrons. The van der Waals surface area contributed by atoms with E-state index < -0.39 is 9.05 Å². The molecule has 2 aromatic rings. The van der Waals surface area contributed by atoms with Gasteiger partial charge in [0, 0.05) is 23.1 Å². The first-order valence-electron chi connectivity index (χ1n) is 3.85. The number of hydrogen-bond donors (Lipinski definition) is 0. The van der Waals surface area contributed by atoms with E-state index in [2.05, 4.69) is 5.10 Å². The summed E-state index contributed by atoms with van der Waals surface area (Å²) in [6, 6.07) is 4.89. The van der Waals surface area contributed by atoms with Crippen LogP contribution in [0.3, 0.4) is 0 Å². The average molecular weight is 231 g/mol. The summed E-state index contributed by atoms with van der Waals surface area (Å²) >= 11 is 0. The van der Waals surface area contributed by atoms with Gasteiger partial charge in [-0.2, -0.15) is 5.10 Å². The van der Waals surface area contributed by atoms with E-state index in [0.29, 0.717) is 5.52 Å². The van der Waals surface area contributed by atoms with Crippen LogP contribution < -0.4 is 0 Å². The molecular weight excluding hydrogens is 224 g/mol. The second-order valence-electron chi connectivity index (χ2n) is 2.90. The molecule has 2 rings (SSSR count). The fourth-order valence-electron chi connectivity index (χ4n) is 1.39. The van der Waals surface area contributed by atoms with Crippen molar-refractivity contribution in [2.75, 3.05) is 0 Å². The number of nitrogens with zero attached hydrogens (tertiary/aromatic N) is 2. The largest absolute Gasteiger partial charge is 0.267 e. The molecule has 0 radical (unpaired) electrons. The molecule has 0 atom stereocenters. The van der Waals surface area contributed by atoms with E-state index in [1.807, 2.05) is 0 Å². The number of benzene rings is 1. The number of halogens is 1. The van der Waals surface area contributed by atoms with Crippen LogP contribution in [-0.4, -0.2) is 18.2 Å². The van der Waals surface area contributed by atoms with Crippen LogP contribution in [-0.2, 0) is 16.1 Å². The minimum Gasteiger partial charge on any atom is -0.267 e. The van der Waals surface area contributed by atoms with Crippen LogP contribution in [0.5, 0.6) is 0 Å². The van der Waals surface area contributed by atoms with E-state index in [1.54, 1.807) is 25.4 Å². The zero-order valence-electron chi connectivity index (χ0n) is 7.31. The first kappa shape index (κ1) is 9.48. The summed E-state index contributed by atoms with van der Waals surface area (Å²) in [5, 5.41) is 4.72. The van der Waals surface area contributed by atoms with Crippen molar-refractivity contribution in [2.24, 2.45) is 7.05 Å². The van der Waals surface area contributed by atoms with Crippen molar-refractivity contribution >= 4 is 30.6 Å². The molecule has 1 aromatic carbocycles. The molecule has 0 aliphatic rings. The number of aryl methyl sites for hydroxylation is 1. The van der Waals surface area contributed by atoms with E-state index in [-0.39, 0.29) is 4.90 Å². The first-order chi connectivity index (χ1) is 6.50. The lowest BCUT2D eigenvalue weighted by Crippen LogP contribution is -1.97. The Hall–Kier alpha value is -1.07. The van der Waals surface area contributed by atoms with Crippen LogP contribution in [0.4, 0.5) is 0 Å². The molecule has 0 saturated heterocycles. The molecule has 0 unspecified atom stereocenters. The van der Waals surface area contributed by atoms with Gasteiger partial charge in [-0.1, -0.05) is 12.1 Å². The Bertz CT molecular complexity index is 588. The van der Waals surface area contributed by atoms with Gasteiger partial charge in [0.25, 0.3) is 9.05 Å². The quantitative estimate of drug-likeness (QED) is 0.698. The van der Waals surface area contributed by atoms with Gasteiger partial charge in [-0.25, -0.2) is 8.42 Å². The van der Waals surface area contributed by atoms with Crippen molar-refractivity contribution in [3.63, 3.8) is 0 Å². The number of para-hydroxylation sites is 1. The number of hydrogen-bond acceptors (Lipinski definition) is 3. The Morgan fingerprint density at radius 1 is 1.43 bits per heavy atom. The van der Waals surface area contributed by atoms with Crippen LogP contribution in [0, 0.1) is 0 Å². The third-order valence-corrected chi connectivity index (χ3v) is 3.34. The predicted molar refractivity (Wildman–Crippen MR) is 53.8 cm³/mol. The minimum absolute atomic E-state index is 0.0941. The van der Waals surface area contributed by atoms with Crippen molar-refractivity contribution in [2.45, 2.75) is 4.90 Å². The summed E-state index contributed by atoms with van der Waals surface area (Å²) in [4.78, 5) is 0.0941. The molecule has 0 spiro atoms. The molecule has 0 saturated carbocycles. The van der Waals surface area contributed by atoms with Crippen molar-refractivity contribution in [3.05, 3.63) is 24.4 Å². The van der Waals surface area contributed by atoms with Crippen LogP contribution in [0.2, 0.25) is 0 Å². The molecule has 14 heavy (non-hydrogen) atoms. The Morgan fingerprint density at radius 2 is 2.14 bits per heavy atom. The fraction of sp³-hybridized carbons (Fsp3) is 0.125. The van der Waals surface area contributed by atoms with Gasteiger partial charge in [-0.3, -0.25) is 4.68 Å².